The van der Waals surface area contributed by atoms with E-state index in [-0.39, 0.29) is 5.82 Å². The van der Waals surface area contributed by atoms with Crippen molar-refractivity contribution in [3.8, 4) is 0 Å². The van der Waals surface area contributed by atoms with Gasteiger partial charge in [-0.15, -0.1) is 0 Å². The van der Waals surface area contributed by atoms with Crippen molar-refractivity contribution in [2.24, 2.45) is 0 Å². The number of allylic oxidation sites excluding steroid dienone is 1. The molecule has 2 heterocycles. The number of benzene rings is 1. The zero-order chi connectivity index (χ0) is 17.1. The number of hydrogen-bond donors (Lipinski definition) is 3. The summed E-state index contributed by atoms with van der Waals surface area (Å²) in [7, 11) is 0. The van der Waals surface area contributed by atoms with Crippen LogP contribution in [0, 0.1) is 5.82 Å². The summed E-state index contributed by atoms with van der Waals surface area (Å²) in [5.74, 6) is -0.384. The number of anilines is 1. The molecule has 7 heteroatoms. The molecule has 3 N–H and O–H groups in total. The summed E-state index contributed by atoms with van der Waals surface area (Å²) in [6.07, 6.45) is 1.56. The second-order valence-corrected chi connectivity index (χ2v) is 5.29. The van der Waals surface area contributed by atoms with Crippen molar-refractivity contribution in [1.82, 2.24) is 15.6 Å². The van der Waals surface area contributed by atoms with Crippen LogP contribution in [0.25, 0.3) is 0 Å². The van der Waals surface area contributed by atoms with E-state index < -0.39 is 18.0 Å². The highest BCUT2D eigenvalue weighted by atomic mass is 19.1. The predicted molar refractivity (Wildman–Crippen MR) is 86.4 cm³/mol. The van der Waals surface area contributed by atoms with E-state index in [1.165, 1.54) is 24.3 Å². The maximum atomic E-state index is 13.2. The van der Waals surface area contributed by atoms with Crippen LogP contribution in [0.2, 0.25) is 0 Å². The number of pyridine rings is 1. The SMILES string of the molecule is CC1=C(C(=O)Nc2ccccn2)C(c2ccc(F)cc2)NC(=O)N1. The van der Waals surface area contributed by atoms with Crippen LogP contribution in [0.15, 0.2) is 59.9 Å². The number of urea groups is 1. The third-order valence-corrected chi connectivity index (χ3v) is 3.62. The minimum absolute atomic E-state index is 0.340. The van der Waals surface area contributed by atoms with Crippen molar-refractivity contribution >= 4 is 17.8 Å². The lowest BCUT2D eigenvalue weighted by atomic mass is 9.95. The van der Waals surface area contributed by atoms with Gasteiger partial charge in [0.1, 0.15) is 11.6 Å². The van der Waals surface area contributed by atoms with Crippen molar-refractivity contribution in [3.63, 3.8) is 0 Å². The average Bonchev–Trinajstić information content (AvgIpc) is 2.55. The second kappa shape index (κ2) is 6.49. The molecule has 0 saturated carbocycles. The van der Waals surface area contributed by atoms with Crippen LogP contribution in [-0.4, -0.2) is 16.9 Å². The van der Waals surface area contributed by atoms with Gasteiger partial charge < -0.3 is 16.0 Å². The van der Waals surface area contributed by atoms with Gasteiger partial charge >= 0.3 is 6.03 Å². The Labute approximate surface area is 137 Å². The van der Waals surface area contributed by atoms with Crippen LogP contribution in [-0.2, 0) is 4.79 Å². The Balaban J connectivity index is 1.94. The first kappa shape index (κ1) is 15.7. The summed E-state index contributed by atoms with van der Waals surface area (Å²) >= 11 is 0. The normalized spacial score (nSPS) is 17.1. The maximum absolute atomic E-state index is 13.2. The Bertz CT molecular complexity index is 803. The zero-order valence-corrected chi connectivity index (χ0v) is 12.8. The summed E-state index contributed by atoms with van der Waals surface area (Å²) < 4.78 is 13.2. The van der Waals surface area contributed by atoms with E-state index in [1.54, 1.807) is 31.3 Å². The Morgan fingerprint density at radius 2 is 1.96 bits per heavy atom. The van der Waals surface area contributed by atoms with Gasteiger partial charge in [0, 0.05) is 11.9 Å². The lowest BCUT2D eigenvalue weighted by molar-refractivity contribution is -0.113. The van der Waals surface area contributed by atoms with E-state index in [4.69, 9.17) is 0 Å². The van der Waals surface area contributed by atoms with E-state index in [9.17, 15) is 14.0 Å². The van der Waals surface area contributed by atoms with E-state index in [0.717, 1.165) is 0 Å². The molecule has 2 aromatic rings. The molecule has 3 amide bonds. The Morgan fingerprint density at radius 3 is 2.62 bits per heavy atom. The van der Waals surface area contributed by atoms with Crippen LogP contribution < -0.4 is 16.0 Å². The van der Waals surface area contributed by atoms with Crippen molar-refractivity contribution in [3.05, 3.63) is 71.3 Å². The van der Waals surface area contributed by atoms with E-state index in [2.05, 4.69) is 20.9 Å². The van der Waals surface area contributed by atoms with Crippen molar-refractivity contribution in [1.29, 1.82) is 0 Å². The van der Waals surface area contributed by atoms with Crippen molar-refractivity contribution < 1.29 is 14.0 Å². The lowest BCUT2D eigenvalue weighted by Crippen LogP contribution is -2.46. The predicted octanol–water partition coefficient (Wildman–Crippen LogP) is 2.49. The van der Waals surface area contributed by atoms with Crippen molar-refractivity contribution in [2.45, 2.75) is 13.0 Å². The number of nitrogens with one attached hydrogen (secondary N) is 3. The monoisotopic (exact) mass is 326 g/mol. The molecule has 24 heavy (non-hydrogen) atoms. The molecule has 0 fully saturated rings. The topological polar surface area (TPSA) is 83.1 Å². The van der Waals surface area contributed by atoms with Crippen LogP contribution >= 0.6 is 0 Å². The number of nitrogens with zero attached hydrogens (tertiary/aromatic N) is 1. The quantitative estimate of drug-likeness (QED) is 0.810. The third kappa shape index (κ3) is 3.24. The van der Waals surface area contributed by atoms with Crippen LogP contribution in [0.1, 0.15) is 18.5 Å². The van der Waals surface area contributed by atoms with E-state index in [1.807, 2.05) is 0 Å². The number of carbonyl (C=O) groups is 2. The Hall–Kier alpha value is -3.22. The molecule has 122 valence electrons. The summed E-state index contributed by atoms with van der Waals surface area (Å²) in [6, 6.07) is 9.70. The molecule has 0 saturated heterocycles. The highest BCUT2D eigenvalue weighted by Gasteiger charge is 2.31. The molecule has 0 radical (unpaired) electrons. The van der Waals surface area contributed by atoms with Crippen LogP contribution in [0.3, 0.4) is 0 Å². The number of rotatable bonds is 3. The highest BCUT2D eigenvalue weighted by Crippen LogP contribution is 2.27. The van der Waals surface area contributed by atoms with Crippen LogP contribution in [0.4, 0.5) is 15.0 Å². The van der Waals surface area contributed by atoms with Gasteiger partial charge in [-0.05, 0) is 36.8 Å². The Kier molecular flexibility index (Phi) is 4.24. The molecule has 1 aromatic heterocycles. The minimum atomic E-state index is -0.678. The van der Waals surface area contributed by atoms with Gasteiger partial charge in [0.15, 0.2) is 0 Å². The minimum Gasteiger partial charge on any atom is -0.327 e. The van der Waals surface area contributed by atoms with Gasteiger partial charge in [0.05, 0.1) is 11.6 Å². The van der Waals surface area contributed by atoms with Gasteiger partial charge in [-0.25, -0.2) is 14.2 Å². The van der Waals surface area contributed by atoms with Gasteiger partial charge in [0.25, 0.3) is 5.91 Å². The van der Waals surface area contributed by atoms with E-state index >= 15 is 0 Å². The molecule has 1 aromatic carbocycles. The molecule has 0 aliphatic carbocycles. The summed E-state index contributed by atoms with van der Waals surface area (Å²) in [4.78, 5) is 28.5. The van der Waals surface area contributed by atoms with E-state index in [0.29, 0.717) is 22.7 Å². The highest BCUT2D eigenvalue weighted by molar-refractivity contribution is 6.06. The number of amides is 3. The Morgan fingerprint density at radius 1 is 1.21 bits per heavy atom. The zero-order valence-electron chi connectivity index (χ0n) is 12.8. The largest absolute Gasteiger partial charge is 0.327 e. The first-order chi connectivity index (χ1) is 11.5. The lowest BCUT2D eigenvalue weighted by Gasteiger charge is -2.28. The second-order valence-electron chi connectivity index (χ2n) is 5.29. The summed E-state index contributed by atoms with van der Waals surface area (Å²) in [6.45, 7) is 1.64. The number of hydrogen-bond acceptors (Lipinski definition) is 3. The standard InChI is InChI=1S/C17H15FN4O2/c1-10-14(16(23)21-13-4-2-3-9-19-13)15(22-17(24)20-10)11-5-7-12(18)8-6-11/h2-9,15H,1H3,(H,19,21,23)(H2,20,22,24). The number of aromatic nitrogens is 1. The molecule has 0 bridgehead atoms. The van der Waals surface area contributed by atoms with Gasteiger partial charge in [0.2, 0.25) is 0 Å². The smallest absolute Gasteiger partial charge is 0.319 e. The molecule has 6 nitrogen and oxygen atoms in total. The fraction of sp³-hybridized carbons (Fsp3) is 0.118. The molecule has 1 unspecified atom stereocenters. The summed E-state index contributed by atoms with van der Waals surface area (Å²) in [5.41, 5.74) is 1.38. The first-order valence-electron chi connectivity index (χ1n) is 7.31. The fourth-order valence-electron chi connectivity index (χ4n) is 2.52. The summed E-state index contributed by atoms with van der Waals surface area (Å²) in [5, 5.41) is 7.96. The molecular formula is C17H15FN4O2. The first-order valence-corrected chi connectivity index (χ1v) is 7.31. The van der Waals surface area contributed by atoms with Crippen molar-refractivity contribution in [2.75, 3.05) is 5.32 Å². The molecule has 3 rings (SSSR count). The molecule has 0 spiro atoms. The molecule has 1 aliphatic rings. The van der Waals surface area contributed by atoms with Gasteiger partial charge in [-0.2, -0.15) is 0 Å². The maximum Gasteiger partial charge on any atom is 0.319 e. The van der Waals surface area contributed by atoms with Gasteiger partial charge in [-0.1, -0.05) is 18.2 Å². The number of halogens is 1. The fourth-order valence-corrected chi connectivity index (χ4v) is 2.52. The third-order valence-electron chi connectivity index (χ3n) is 3.62. The van der Waals surface area contributed by atoms with Gasteiger partial charge in [-0.3, -0.25) is 4.79 Å². The molecule has 1 aliphatic heterocycles. The number of carbonyl (C=O) groups excluding carboxylic acids is 2. The average molecular weight is 326 g/mol. The molecule has 1 atom stereocenters. The van der Waals surface area contributed by atoms with Crippen LogP contribution in [0.5, 0.6) is 0 Å². The molecular weight excluding hydrogens is 311 g/mol.